The number of nitrogens with one attached hydrogen (secondary N) is 1. The number of hydrogen-bond acceptors (Lipinski definition) is 3. The van der Waals surface area contributed by atoms with Gasteiger partial charge >= 0.3 is 5.97 Å². The Morgan fingerprint density at radius 3 is 2.72 bits per heavy atom. The summed E-state index contributed by atoms with van der Waals surface area (Å²) in [5.74, 6) is -0.321. The molecule has 0 saturated heterocycles. The van der Waals surface area contributed by atoms with Crippen molar-refractivity contribution in [2.24, 2.45) is 5.92 Å². The third-order valence-corrected chi connectivity index (χ3v) is 4.46. The minimum absolute atomic E-state index is 0.414. The van der Waals surface area contributed by atoms with Gasteiger partial charge in [-0.15, -0.1) is 11.3 Å². The fourth-order valence-corrected chi connectivity index (χ4v) is 2.71. The van der Waals surface area contributed by atoms with Gasteiger partial charge in [-0.3, -0.25) is 10.1 Å². The molecule has 0 spiro atoms. The Bertz CT molecular complexity index is 364. The molecule has 0 saturated carbocycles. The molecule has 0 aromatic carbocycles. The van der Waals surface area contributed by atoms with Crippen molar-refractivity contribution in [3.8, 4) is 0 Å². The first-order valence-corrected chi connectivity index (χ1v) is 7.42. The van der Waals surface area contributed by atoms with Gasteiger partial charge in [0.05, 0.1) is 0 Å². The highest BCUT2D eigenvalue weighted by atomic mass is 32.1. The monoisotopic (exact) mass is 269 g/mol. The van der Waals surface area contributed by atoms with E-state index in [-0.39, 0.29) is 0 Å². The van der Waals surface area contributed by atoms with Crippen LogP contribution in [0.3, 0.4) is 0 Å². The lowest BCUT2D eigenvalue weighted by Gasteiger charge is -2.31. The van der Waals surface area contributed by atoms with Crippen LogP contribution in [0.2, 0.25) is 0 Å². The zero-order valence-corrected chi connectivity index (χ0v) is 12.2. The summed E-state index contributed by atoms with van der Waals surface area (Å²) in [5, 5.41) is 14.8. The van der Waals surface area contributed by atoms with Crippen LogP contribution in [-0.4, -0.2) is 16.6 Å². The molecule has 2 atom stereocenters. The second-order valence-corrected chi connectivity index (χ2v) is 5.92. The third kappa shape index (κ3) is 3.82. The highest BCUT2D eigenvalue weighted by Gasteiger charge is 2.37. The molecule has 0 bridgehead atoms. The van der Waals surface area contributed by atoms with Crippen LogP contribution >= 0.6 is 11.3 Å². The lowest BCUT2D eigenvalue weighted by atomic mass is 9.84. The average molecular weight is 269 g/mol. The summed E-state index contributed by atoms with van der Waals surface area (Å²) in [4.78, 5) is 12.8. The molecule has 3 nitrogen and oxygen atoms in total. The molecule has 0 aliphatic rings. The molecule has 1 rings (SSSR count). The molecule has 4 heteroatoms. The van der Waals surface area contributed by atoms with Crippen molar-refractivity contribution in [1.82, 2.24) is 5.32 Å². The van der Waals surface area contributed by atoms with Crippen molar-refractivity contribution in [3.63, 3.8) is 0 Å². The van der Waals surface area contributed by atoms with E-state index in [2.05, 4.69) is 19.2 Å². The van der Waals surface area contributed by atoms with Crippen LogP contribution in [-0.2, 0) is 11.3 Å². The molecule has 2 N–H and O–H groups in total. The van der Waals surface area contributed by atoms with Gasteiger partial charge in [-0.2, -0.15) is 0 Å². The second-order valence-electron chi connectivity index (χ2n) is 4.89. The van der Waals surface area contributed by atoms with E-state index in [0.717, 1.165) is 6.42 Å². The van der Waals surface area contributed by atoms with Gasteiger partial charge in [0.1, 0.15) is 5.54 Å². The Morgan fingerprint density at radius 1 is 1.56 bits per heavy atom. The van der Waals surface area contributed by atoms with E-state index < -0.39 is 11.5 Å². The maximum atomic E-state index is 11.6. The van der Waals surface area contributed by atoms with Gasteiger partial charge in [-0.1, -0.05) is 33.3 Å². The third-order valence-electron chi connectivity index (χ3n) is 3.59. The summed E-state index contributed by atoms with van der Waals surface area (Å²) >= 11 is 1.66. The van der Waals surface area contributed by atoms with E-state index in [1.54, 1.807) is 11.3 Å². The van der Waals surface area contributed by atoms with E-state index >= 15 is 0 Å². The molecule has 1 aromatic heterocycles. The molecule has 0 aliphatic carbocycles. The van der Waals surface area contributed by atoms with Crippen molar-refractivity contribution in [2.45, 2.75) is 52.1 Å². The standard InChI is InChI=1S/C14H23NO2S/c1-4-11(3)9-14(5-2,13(16)17)15-10-12-7-6-8-18-12/h6-8,11,15H,4-5,9-10H2,1-3H3,(H,16,17). The summed E-state index contributed by atoms with van der Waals surface area (Å²) in [6.45, 7) is 6.79. The van der Waals surface area contributed by atoms with Crippen molar-refractivity contribution in [1.29, 1.82) is 0 Å². The maximum Gasteiger partial charge on any atom is 0.323 e. The predicted molar refractivity (Wildman–Crippen MR) is 75.9 cm³/mol. The number of thiophene rings is 1. The van der Waals surface area contributed by atoms with Crippen LogP contribution < -0.4 is 5.32 Å². The van der Waals surface area contributed by atoms with Gasteiger partial charge < -0.3 is 5.11 Å². The summed E-state index contributed by atoms with van der Waals surface area (Å²) in [6.07, 6.45) is 2.30. The summed E-state index contributed by atoms with van der Waals surface area (Å²) < 4.78 is 0. The topological polar surface area (TPSA) is 49.3 Å². The van der Waals surface area contributed by atoms with Crippen molar-refractivity contribution in [3.05, 3.63) is 22.4 Å². The summed E-state index contributed by atoms with van der Waals surface area (Å²) in [6, 6.07) is 4.02. The largest absolute Gasteiger partial charge is 0.480 e. The number of hydrogen-bond donors (Lipinski definition) is 2. The SMILES string of the molecule is CCC(C)CC(CC)(NCc1cccs1)C(=O)O. The quantitative estimate of drug-likeness (QED) is 0.759. The zero-order valence-electron chi connectivity index (χ0n) is 11.4. The normalized spacial score (nSPS) is 16.2. The molecule has 1 heterocycles. The first-order valence-electron chi connectivity index (χ1n) is 6.55. The molecular formula is C14H23NO2S. The van der Waals surface area contributed by atoms with Gasteiger partial charge in [0.25, 0.3) is 0 Å². The van der Waals surface area contributed by atoms with E-state index in [4.69, 9.17) is 0 Å². The van der Waals surface area contributed by atoms with Crippen LogP contribution in [0, 0.1) is 5.92 Å². The molecule has 18 heavy (non-hydrogen) atoms. The van der Waals surface area contributed by atoms with Crippen LogP contribution in [0.5, 0.6) is 0 Å². The van der Waals surface area contributed by atoms with E-state index in [1.807, 2.05) is 24.4 Å². The summed E-state index contributed by atoms with van der Waals surface area (Å²) in [7, 11) is 0. The lowest BCUT2D eigenvalue weighted by molar-refractivity contribution is -0.146. The van der Waals surface area contributed by atoms with E-state index in [1.165, 1.54) is 4.88 Å². The fourth-order valence-electron chi connectivity index (χ4n) is 2.06. The number of carboxylic acid groups (broad SMARTS) is 1. The zero-order chi connectivity index (χ0) is 13.6. The Kier molecular flexibility index (Phi) is 5.82. The molecule has 0 radical (unpaired) electrons. The Morgan fingerprint density at radius 2 is 2.28 bits per heavy atom. The first kappa shape index (κ1) is 15.2. The number of carboxylic acids is 1. The van der Waals surface area contributed by atoms with Crippen molar-refractivity contribution >= 4 is 17.3 Å². The molecular weight excluding hydrogens is 246 g/mol. The van der Waals surface area contributed by atoms with Gasteiger partial charge in [0.15, 0.2) is 0 Å². The van der Waals surface area contributed by atoms with E-state index in [0.29, 0.717) is 25.3 Å². The molecule has 102 valence electrons. The predicted octanol–water partition coefficient (Wildman–Crippen LogP) is 3.51. The van der Waals surface area contributed by atoms with Gasteiger partial charge in [0, 0.05) is 11.4 Å². The minimum atomic E-state index is -0.792. The Balaban J connectivity index is 2.73. The summed E-state index contributed by atoms with van der Waals surface area (Å²) in [5.41, 5.74) is -0.792. The average Bonchev–Trinajstić information content (AvgIpc) is 2.87. The van der Waals surface area contributed by atoms with Crippen LogP contribution in [0.4, 0.5) is 0 Å². The molecule has 0 aliphatic heterocycles. The number of rotatable bonds is 8. The fraction of sp³-hybridized carbons (Fsp3) is 0.643. The lowest BCUT2D eigenvalue weighted by Crippen LogP contribution is -2.52. The molecule has 0 fully saturated rings. The smallest absolute Gasteiger partial charge is 0.323 e. The molecule has 2 unspecified atom stereocenters. The van der Waals surface area contributed by atoms with Crippen molar-refractivity contribution < 1.29 is 9.90 Å². The maximum absolute atomic E-state index is 11.6. The van der Waals surface area contributed by atoms with Gasteiger partial charge in [0.2, 0.25) is 0 Å². The highest BCUT2D eigenvalue weighted by Crippen LogP contribution is 2.24. The minimum Gasteiger partial charge on any atom is -0.480 e. The molecule has 0 amide bonds. The number of aliphatic carboxylic acids is 1. The second kappa shape index (κ2) is 6.90. The van der Waals surface area contributed by atoms with Crippen molar-refractivity contribution in [2.75, 3.05) is 0 Å². The van der Waals surface area contributed by atoms with Gasteiger partial charge in [-0.25, -0.2) is 0 Å². The van der Waals surface area contributed by atoms with Gasteiger partial charge in [-0.05, 0) is 30.2 Å². The van der Waals surface area contributed by atoms with Crippen LogP contribution in [0.15, 0.2) is 17.5 Å². The van der Waals surface area contributed by atoms with E-state index in [9.17, 15) is 9.90 Å². The Hall–Kier alpha value is -0.870. The molecule has 1 aromatic rings. The van der Waals surface area contributed by atoms with Crippen LogP contribution in [0.25, 0.3) is 0 Å². The highest BCUT2D eigenvalue weighted by molar-refractivity contribution is 7.09. The Labute approximate surface area is 113 Å². The first-order chi connectivity index (χ1) is 8.54. The number of carbonyl (C=O) groups is 1. The van der Waals surface area contributed by atoms with Crippen LogP contribution in [0.1, 0.15) is 44.9 Å².